The summed E-state index contributed by atoms with van der Waals surface area (Å²) in [5, 5.41) is 0. The zero-order valence-electron chi connectivity index (χ0n) is 14.6. The van der Waals surface area contributed by atoms with E-state index in [0.717, 1.165) is 29.9 Å². The van der Waals surface area contributed by atoms with Crippen LogP contribution in [0.2, 0.25) is 0 Å². The van der Waals surface area contributed by atoms with Crippen LogP contribution >= 0.6 is 0 Å². The van der Waals surface area contributed by atoms with Crippen molar-refractivity contribution in [3.8, 4) is 5.75 Å². The molecule has 122 valence electrons. The van der Waals surface area contributed by atoms with Crippen molar-refractivity contribution in [3.63, 3.8) is 0 Å². The summed E-state index contributed by atoms with van der Waals surface area (Å²) in [5.74, 6) is 1.74. The maximum Gasteiger partial charge on any atom is 0.131 e. The van der Waals surface area contributed by atoms with E-state index in [-0.39, 0.29) is 6.04 Å². The fourth-order valence-electron chi connectivity index (χ4n) is 2.23. The van der Waals surface area contributed by atoms with Crippen LogP contribution < -0.4 is 10.5 Å². The lowest BCUT2D eigenvalue weighted by Gasteiger charge is -2.17. The number of benzene rings is 1. The monoisotopic (exact) mass is 302 g/mol. The molecule has 1 aromatic carbocycles. The van der Waals surface area contributed by atoms with Crippen LogP contribution in [0.15, 0.2) is 29.8 Å². The fraction of sp³-hybridized carbons (Fsp3) is 0.526. The van der Waals surface area contributed by atoms with Crippen LogP contribution in [0, 0.1) is 5.92 Å². The van der Waals surface area contributed by atoms with Crippen molar-refractivity contribution < 1.29 is 4.74 Å². The Labute approximate surface area is 135 Å². The minimum Gasteiger partial charge on any atom is -0.496 e. The van der Waals surface area contributed by atoms with E-state index in [9.17, 15) is 0 Å². The molecule has 0 bridgehead atoms. The number of nitrogens with two attached hydrogens (primary N) is 1. The summed E-state index contributed by atoms with van der Waals surface area (Å²) >= 11 is 0. The molecule has 0 amide bonds. The van der Waals surface area contributed by atoms with Gasteiger partial charge in [-0.25, -0.2) is 0 Å². The molecule has 3 heteroatoms. The summed E-state index contributed by atoms with van der Waals surface area (Å²) in [6.45, 7) is 12.6. The van der Waals surface area contributed by atoms with E-state index in [4.69, 9.17) is 10.5 Å². The molecule has 0 aromatic heterocycles. The Hall–Kier alpha value is -1.61. The zero-order valence-corrected chi connectivity index (χ0v) is 14.6. The number of hydrogen-bond donors (Lipinski definition) is 1. The van der Waals surface area contributed by atoms with Crippen LogP contribution in [0.3, 0.4) is 0 Å². The van der Waals surface area contributed by atoms with Gasteiger partial charge in [0.2, 0.25) is 0 Å². The van der Waals surface area contributed by atoms with Gasteiger partial charge in [0.05, 0.1) is 12.8 Å². The SMILES string of the molecule is C=C(N=CCC(C)C(C)N)c1cccc(C(C)CC)c1OC. The number of hydrogen-bond acceptors (Lipinski definition) is 3. The normalized spacial score (nSPS) is 15.5. The highest BCUT2D eigenvalue weighted by Crippen LogP contribution is 2.35. The highest BCUT2D eigenvalue weighted by atomic mass is 16.5. The van der Waals surface area contributed by atoms with Crippen LogP contribution in [-0.2, 0) is 0 Å². The molecule has 0 heterocycles. The lowest BCUT2D eigenvalue weighted by atomic mass is 9.94. The third kappa shape index (κ3) is 4.70. The van der Waals surface area contributed by atoms with Crippen molar-refractivity contribution in [3.05, 3.63) is 35.9 Å². The molecule has 1 rings (SSSR count). The van der Waals surface area contributed by atoms with Gasteiger partial charge in [0, 0.05) is 17.8 Å². The standard InChI is InChI=1S/C19H30N2O/c1-7-13(2)17-9-8-10-18(19(17)22-6)16(5)21-12-11-14(3)15(4)20/h8-10,12-15H,5,7,11,20H2,1-4,6H3. The molecule has 0 spiro atoms. The van der Waals surface area contributed by atoms with Gasteiger partial charge in [-0.3, -0.25) is 4.99 Å². The molecule has 1 aromatic rings. The minimum atomic E-state index is 0.169. The average molecular weight is 302 g/mol. The summed E-state index contributed by atoms with van der Waals surface area (Å²) in [5.41, 5.74) is 8.78. The van der Waals surface area contributed by atoms with Crippen molar-refractivity contribution in [1.29, 1.82) is 0 Å². The van der Waals surface area contributed by atoms with Crippen molar-refractivity contribution in [2.45, 2.75) is 52.5 Å². The molecule has 0 radical (unpaired) electrons. The topological polar surface area (TPSA) is 47.6 Å². The lowest BCUT2D eigenvalue weighted by molar-refractivity contribution is 0.404. The van der Waals surface area contributed by atoms with Crippen LogP contribution in [0.5, 0.6) is 5.75 Å². The van der Waals surface area contributed by atoms with Crippen LogP contribution in [0.25, 0.3) is 5.70 Å². The second-order valence-electron chi connectivity index (χ2n) is 6.07. The van der Waals surface area contributed by atoms with Crippen molar-refractivity contribution >= 4 is 11.9 Å². The molecule has 22 heavy (non-hydrogen) atoms. The van der Waals surface area contributed by atoms with Crippen molar-refractivity contribution in [1.82, 2.24) is 0 Å². The molecule has 3 unspecified atom stereocenters. The zero-order chi connectivity index (χ0) is 16.7. The highest BCUT2D eigenvalue weighted by Gasteiger charge is 2.15. The van der Waals surface area contributed by atoms with E-state index >= 15 is 0 Å². The Morgan fingerprint density at radius 1 is 1.36 bits per heavy atom. The quantitative estimate of drug-likeness (QED) is 0.712. The number of rotatable bonds is 8. The third-order valence-electron chi connectivity index (χ3n) is 4.33. The Morgan fingerprint density at radius 2 is 2.05 bits per heavy atom. The van der Waals surface area contributed by atoms with Gasteiger partial charge in [-0.15, -0.1) is 0 Å². The fourth-order valence-corrected chi connectivity index (χ4v) is 2.23. The van der Waals surface area contributed by atoms with E-state index in [1.54, 1.807) is 7.11 Å². The summed E-state index contributed by atoms with van der Waals surface area (Å²) in [6, 6.07) is 6.35. The Morgan fingerprint density at radius 3 is 2.59 bits per heavy atom. The van der Waals surface area contributed by atoms with Gasteiger partial charge < -0.3 is 10.5 Å². The smallest absolute Gasteiger partial charge is 0.131 e. The predicted molar refractivity (Wildman–Crippen MR) is 96.7 cm³/mol. The second-order valence-corrected chi connectivity index (χ2v) is 6.07. The molecule has 0 aliphatic carbocycles. The number of ether oxygens (including phenoxy) is 1. The van der Waals surface area contributed by atoms with Gasteiger partial charge in [0.1, 0.15) is 5.75 Å². The maximum atomic E-state index is 5.87. The number of para-hydroxylation sites is 1. The summed E-state index contributed by atoms with van der Waals surface area (Å²) < 4.78 is 5.63. The number of aliphatic imine (C=N–C) groups is 1. The molecule has 0 aliphatic heterocycles. The van der Waals surface area contributed by atoms with Gasteiger partial charge >= 0.3 is 0 Å². The first-order chi connectivity index (χ1) is 10.4. The summed E-state index contributed by atoms with van der Waals surface area (Å²) in [7, 11) is 1.71. The van der Waals surface area contributed by atoms with Gasteiger partial charge in [0.15, 0.2) is 0 Å². The maximum absolute atomic E-state index is 5.87. The second kappa shape index (κ2) is 8.74. The first-order valence-electron chi connectivity index (χ1n) is 8.06. The largest absolute Gasteiger partial charge is 0.496 e. The molecular formula is C19H30N2O. The average Bonchev–Trinajstić information content (AvgIpc) is 2.52. The van der Waals surface area contributed by atoms with Crippen LogP contribution in [-0.4, -0.2) is 19.4 Å². The molecule has 3 atom stereocenters. The molecule has 0 aliphatic rings. The predicted octanol–water partition coefficient (Wildman–Crippen LogP) is 4.62. The minimum absolute atomic E-state index is 0.169. The van der Waals surface area contributed by atoms with E-state index in [1.165, 1.54) is 5.56 Å². The van der Waals surface area contributed by atoms with E-state index in [1.807, 2.05) is 25.3 Å². The van der Waals surface area contributed by atoms with E-state index in [2.05, 4.69) is 38.4 Å². The van der Waals surface area contributed by atoms with Crippen molar-refractivity contribution in [2.24, 2.45) is 16.6 Å². The molecule has 0 fully saturated rings. The first kappa shape index (κ1) is 18.4. The Bertz CT molecular complexity index is 520. The summed E-state index contributed by atoms with van der Waals surface area (Å²) in [6.07, 6.45) is 3.83. The van der Waals surface area contributed by atoms with E-state index < -0.39 is 0 Å². The van der Waals surface area contributed by atoms with Crippen molar-refractivity contribution in [2.75, 3.05) is 7.11 Å². The molecule has 3 nitrogen and oxygen atoms in total. The van der Waals surface area contributed by atoms with Gasteiger partial charge in [-0.2, -0.15) is 0 Å². The highest BCUT2D eigenvalue weighted by molar-refractivity contribution is 5.76. The van der Waals surface area contributed by atoms with Gasteiger partial charge in [-0.1, -0.05) is 39.5 Å². The number of methoxy groups -OCH3 is 1. The first-order valence-corrected chi connectivity index (χ1v) is 8.06. The summed E-state index contributed by atoms with van der Waals surface area (Å²) in [4.78, 5) is 4.50. The van der Waals surface area contributed by atoms with Gasteiger partial charge in [-0.05, 0) is 43.2 Å². The molecule has 0 saturated heterocycles. The third-order valence-corrected chi connectivity index (χ3v) is 4.33. The van der Waals surface area contributed by atoms with E-state index in [0.29, 0.717) is 11.8 Å². The number of nitrogens with zero attached hydrogens (tertiary/aromatic N) is 1. The van der Waals surface area contributed by atoms with Crippen LogP contribution in [0.4, 0.5) is 0 Å². The Balaban J connectivity index is 2.96. The van der Waals surface area contributed by atoms with Gasteiger partial charge in [0.25, 0.3) is 0 Å². The lowest BCUT2D eigenvalue weighted by Crippen LogP contribution is -2.24. The Kier molecular flexibility index (Phi) is 7.33. The molecule has 2 N–H and O–H groups in total. The molecule has 0 saturated carbocycles. The molecular weight excluding hydrogens is 272 g/mol. The van der Waals surface area contributed by atoms with Crippen LogP contribution in [0.1, 0.15) is 57.6 Å².